The van der Waals surface area contributed by atoms with Crippen LogP contribution in [0.2, 0.25) is 0 Å². The lowest BCUT2D eigenvalue weighted by Crippen LogP contribution is -2.09. The molecule has 0 unspecified atom stereocenters. The van der Waals surface area contributed by atoms with Crippen LogP contribution in [-0.4, -0.2) is 21.1 Å². The number of benzene rings is 1. The Bertz CT molecular complexity index is 536. The van der Waals surface area contributed by atoms with Crippen molar-refractivity contribution >= 4 is 17.5 Å². The van der Waals surface area contributed by atoms with Crippen LogP contribution in [-0.2, 0) is 18.3 Å². The Morgan fingerprint density at radius 3 is 2.72 bits per heavy atom. The minimum Gasteiger partial charge on any atom is -0.338 e. The summed E-state index contributed by atoms with van der Waals surface area (Å²) in [6, 6.07) is 6.14. The molecule has 5 heteroatoms. The molecular weight excluding hydrogens is 251 g/mol. The van der Waals surface area contributed by atoms with Crippen LogP contribution in [0.3, 0.4) is 0 Å². The van der Waals surface area contributed by atoms with Gasteiger partial charge in [0.25, 0.3) is 0 Å². The maximum atomic E-state index is 12.7. The van der Waals surface area contributed by atoms with Gasteiger partial charge in [0.1, 0.15) is 11.6 Å². The molecule has 18 heavy (non-hydrogen) atoms. The van der Waals surface area contributed by atoms with Crippen molar-refractivity contribution < 1.29 is 9.18 Å². The lowest BCUT2D eigenvalue weighted by molar-refractivity contribution is -0.116. The van der Waals surface area contributed by atoms with E-state index >= 15 is 0 Å². The third kappa shape index (κ3) is 3.43. The number of nitrogens with zero attached hydrogens (tertiary/aromatic N) is 2. The largest absolute Gasteiger partial charge is 0.338 e. The number of hydrogen-bond acceptors (Lipinski definition) is 3. The van der Waals surface area contributed by atoms with E-state index in [-0.39, 0.29) is 11.6 Å². The van der Waals surface area contributed by atoms with E-state index in [1.54, 1.807) is 18.3 Å². The van der Waals surface area contributed by atoms with Crippen molar-refractivity contribution in [1.82, 2.24) is 9.55 Å². The number of halogens is 1. The van der Waals surface area contributed by atoms with Crippen LogP contribution in [0.25, 0.3) is 0 Å². The number of carbonyl (C=O) groups is 1. The van der Waals surface area contributed by atoms with Crippen molar-refractivity contribution in [1.29, 1.82) is 0 Å². The van der Waals surface area contributed by atoms with E-state index in [0.29, 0.717) is 12.2 Å². The summed E-state index contributed by atoms with van der Waals surface area (Å²) in [6.07, 6.45) is 3.82. The molecule has 0 saturated carbocycles. The highest BCUT2D eigenvalue weighted by Gasteiger charge is 2.08. The highest BCUT2D eigenvalue weighted by Crippen LogP contribution is 2.18. The Morgan fingerprint density at radius 1 is 1.39 bits per heavy atom. The molecule has 0 aliphatic carbocycles. The van der Waals surface area contributed by atoms with E-state index in [4.69, 9.17) is 0 Å². The zero-order valence-corrected chi connectivity index (χ0v) is 10.8. The topological polar surface area (TPSA) is 34.9 Å². The predicted octanol–water partition coefficient (Wildman–Crippen LogP) is 2.46. The van der Waals surface area contributed by atoms with Crippen LogP contribution in [0.15, 0.2) is 41.6 Å². The number of thioether (sulfide) groups is 1. The molecule has 0 saturated heterocycles. The molecule has 0 N–H and O–H groups in total. The van der Waals surface area contributed by atoms with Gasteiger partial charge in [0.2, 0.25) is 0 Å². The minimum absolute atomic E-state index is 0.110. The summed E-state index contributed by atoms with van der Waals surface area (Å²) in [4.78, 5) is 16.8. The number of hydrogen-bond donors (Lipinski definition) is 0. The molecular formula is C13H13FN2OS. The van der Waals surface area contributed by atoms with Crippen molar-refractivity contribution in [2.45, 2.75) is 11.3 Å². The zero-order chi connectivity index (χ0) is 13.0. The molecule has 2 aromatic rings. The summed E-state index contributed by atoms with van der Waals surface area (Å²) < 4.78 is 14.5. The number of aromatic nitrogens is 2. The Morgan fingerprint density at radius 2 is 2.11 bits per heavy atom. The van der Waals surface area contributed by atoms with Crippen molar-refractivity contribution in [2.24, 2.45) is 7.05 Å². The van der Waals surface area contributed by atoms with Crippen molar-refractivity contribution in [3.8, 4) is 0 Å². The molecule has 94 valence electrons. The molecule has 0 aliphatic heterocycles. The van der Waals surface area contributed by atoms with Gasteiger partial charge < -0.3 is 4.57 Å². The Hall–Kier alpha value is -1.62. The van der Waals surface area contributed by atoms with Crippen molar-refractivity contribution in [2.75, 3.05) is 5.75 Å². The lowest BCUT2D eigenvalue weighted by Gasteiger charge is -2.02. The van der Waals surface area contributed by atoms with Gasteiger partial charge in [-0.1, -0.05) is 0 Å². The fourth-order valence-corrected chi connectivity index (χ4v) is 2.25. The highest BCUT2D eigenvalue weighted by molar-refractivity contribution is 8.00. The quantitative estimate of drug-likeness (QED) is 0.778. The molecule has 0 bridgehead atoms. The van der Waals surface area contributed by atoms with Gasteiger partial charge in [0.05, 0.1) is 12.2 Å². The van der Waals surface area contributed by atoms with E-state index in [2.05, 4.69) is 4.98 Å². The maximum Gasteiger partial charge on any atom is 0.150 e. The first-order valence-electron chi connectivity index (χ1n) is 5.51. The Balaban J connectivity index is 1.85. The maximum absolute atomic E-state index is 12.7. The minimum atomic E-state index is -0.265. The number of imidazole rings is 1. The van der Waals surface area contributed by atoms with Crippen molar-refractivity contribution in [3.63, 3.8) is 0 Å². The van der Waals surface area contributed by atoms with E-state index in [1.807, 2.05) is 17.8 Å². The van der Waals surface area contributed by atoms with Gasteiger partial charge in [0.15, 0.2) is 5.78 Å². The number of rotatable bonds is 5. The van der Waals surface area contributed by atoms with E-state index in [9.17, 15) is 9.18 Å². The van der Waals surface area contributed by atoms with Gasteiger partial charge >= 0.3 is 0 Å². The third-order valence-corrected chi connectivity index (χ3v) is 3.56. The molecule has 0 amide bonds. The zero-order valence-electron chi connectivity index (χ0n) is 9.97. The highest BCUT2D eigenvalue weighted by atomic mass is 32.2. The van der Waals surface area contributed by atoms with Crippen molar-refractivity contribution in [3.05, 3.63) is 48.3 Å². The van der Waals surface area contributed by atoms with E-state index in [0.717, 1.165) is 10.7 Å². The SMILES string of the molecule is Cn1ccnc1CC(=O)CSc1ccc(F)cc1. The fourth-order valence-electron chi connectivity index (χ4n) is 1.49. The number of aryl methyl sites for hydroxylation is 1. The van der Waals surface area contributed by atoms with Crippen LogP contribution in [0.1, 0.15) is 5.82 Å². The molecule has 0 radical (unpaired) electrons. The smallest absolute Gasteiger partial charge is 0.150 e. The normalized spacial score (nSPS) is 10.6. The summed E-state index contributed by atoms with van der Waals surface area (Å²) in [7, 11) is 1.86. The van der Waals surface area contributed by atoms with Crippen LogP contribution in [0.4, 0.5) is 4.39 Å². The van der Waals surface area contributed by atoms with Crippen LogP contribution in [0.5, 0.6) is 0 Å². The van der Waals surface area contributed by atoms with E-state index < -0.39 is 0 Å². The molecule has 1 aromatic heterocycles. The second-order valence-electron chi connectivity index (χ2n) is 3.91. The van der Waals surface area contributed by atoms with Gasteiger partial charge in [-0.3, -0.25) is 4.79 Å². The first-order chi connectivity index (χ1) is 8.65. The van der Waals surface area contributed by atoms with Gasteiger partial charge in [-0.05, 0) is 24.3 Å². The van der Waals surface area contributed by atoms with Gasteiger partial charge in [-0.2, -0.15) is 0 Å². The number of Topliss-reactive ketones (excluding diaryl/α,β-unsaturated/α-hetero) is 1. The first kappa shape index (κ1) is 12.8. The lowest BCUT2D eigenvalue weighted by atomic mass is 10.3. The standard InChI is InChI=1S/C13H13FN2OS/c1-16-7-6-15-13(16)8-11(17)9-18-12-4-2-10(14)3-5-12/h2-7H,8-9H2,1H3. The fraction of sp³-hybridized carbons (Fsp3) is 0.231. The molecule has 0 aliphatic rings. The second-order valence-corrected chi connectivity index (χ2v) is 4.96. The molecule has 0 spiro atoms. The second kappa shape index (κ2) is 5.82. The van der Waals surface area contributed by atoms with Crippen LogP contribution in [0, 0.1) is 5.82 Å². The predicted molar refractivity (Wildman–Crippen MR) is 69.0 cm³/mol. The number of ketones is 1. The van der Waals surface area contributed by atoms with Crippen LogP contribution >= 0.6 is 11.8 Å². The summed E-state index contributed by atoms with van der Waals surface area (Å²) in [5.74, 6) is 0.982. The molecule has 3 nitrogen and oxygen atoms in total. The molecule has 1 aromatic carbocycles. The summed E-state index contributed by atoms with van der Waals surface area (Å²) >= 11 is 1.41. The monoisotopic (exact) mass is 264 g/mol. The van der Waals surface area contributed by atoms with Gasteiger partial charge in [-0.15, -0.1) is 11.8 Å². The summed E-state index contributed by atoms with van der Waals surface area (Å²) in [5.41, 5.74) is 0. The molecule has 2 rings (SSSR count). The van der Waals surface area contributed by atoms with Gasteiger partial charge in [-0.25, -0.2) is 9.37 Å². The average Bonchev–Trinajstić information content (AvgIpc) is 2.74. The molecule has 0 atom stereocenters. The third-order valence-electron chi connectivity index (χ3n) is 2.49. The average molecular weight is 264 g/mol. The Kier molecular flexibility index (Phi) is 4.15. The summed E-state index contributed by atoms with van der Waals surface area (Å²) in [6.45, 7) is 0. The Labute approximate surface area is 109 Å². The first-order valence-corrected chi connectivity index (χ1v) is 6.50. The van der Waals surface area contributed by atoms with Crippen LogP contribution < -0.4 is 0 Å². The molecule has 0 fully saturated rings. The van der Waals surface area contributed by atoms with E-state index in [1.165, 1.54) is 23.9 Å². The summed E-state index contributed by atoms with van der Waals surface area (Å²) in [5, 5.41) is 0. The van der Waals surface area contributed by atoms with Gasteiger partial charge in [0, 0.05) is 24.3 Å². The molecule has 1 heterocycles. The number of carbonyl (C=O) groups excluding carboxylic acids is 1.